The van der Waals surface area contributed by atoms with Crippen molar-refractivity contribution in [3.05, 3.63) is 29.5 Å². The van der Waals surface area contributed by atoms with Gasteiger partial charge in [-0.15, -0.1) is 0 Å². The Hall–Kier alpha value is -1.91. The molecule has 5 nitrogen and oxygen atoms in total. The first-order valence-electron chi connectivity index (χ1n) is 5.40. The van der Waals surface area contributed by atoms with Gasteiger partial charge in [0.1, 0.15) is 11.4 Å². The highest BCUT2D eigenvalue weighted by Gasteiger charge is 2.12. The lowest BCUT2D eigenvalue weighted by atomic mass is 10.2. The van der Waals surface area contributed by atoms with E-state index in [0.717, 1.165) is 0 Å². The number of hydrogen-bond acceptors (Lipinski definition) is 5. The van der Waals surface area contributed by atoms with Crippen LogP contribution in [0.25, 0.3) is 6.08 Å². The lowest BCUT2D eigenvalue weighted by molar-refractivity contribution is 0.0525. The smallest absolute Gasteiger partial charge is 0.341 e. The molecule has 5 heteroatoms. The van der Waals surface area contributed by atoms with Crippen molar-refractivity contribution in [1.82, 2.24) is 14.9 Å². The summed E-state index contributed by atoms with van der Waals surface area (Å²) in [6.45, 7) is 3.88. The van der Waals surface area contributed by atoms with Gasteiger partial charge in [0.15, 0.2) is 0 Å². The van der Waals surface area contributed by atoms with Gasteiger partial charge in [-0.2, -0.15) is 0 Å². The normalized spacial score (nSPS) is 10.6. The van der Waals surface area contributed by atoms with Crippen LogP contribution in [0.1, 0.15) is 28.8 Å². The Morgan fingerprint density at radius 2 is 2.24 bits per heavy atom. The standard InChI is InChI=1S/C12H17N3O2/c1-5-17-12(16)10-8-13-9(2)14-11(10)6-7-15(3)4/h6-8H,5H2,1-4H3. The van der Waals surface area contributed by atoms with Crippen LogP contribution in [0.5, 0.6) is 0 Å². The zero-order valence-corrected chi connectivity index (χ0v) is 10.6. The summed E-state index contributed by atoms with van der Waals surface area (Å²) in [4.78, 5) is 21.8. The highest BCUT2D eigenvalue weighted by Crippen LogP contribution is 2.09. The second-order valence-electron chi connectivity index (χ2n) is 3.72. The molecular weight excluding hydrogens is 218 g/mol. The number of ether oxygens (including phenoxy) is 1. The van der Waals surface area contributed by atoms with Gasteiger partial charge in [-0.05, 0) is 19.9 Å². The fourth-order valence-corrected chi connectivity index (χ4v) is 1.20. The molecular formula is C12H17N3O2. The minimum atomic E-state index is -0.397. The van der Waals surface area contributed by atoms with E-state index in [1.807, 2.05) is 25.2 Å². The van der Waals surface area contributed by atoms with Crippen LogP contribution >= 0.6 is 0 Å². The highest BCUT2D eigenvalue weighted by atomic mass is 16.5. The molecule has 0 aliphatic carbocycles. The second kappa shape index (κ2) is 5.98. The minimum absolute atomic E-state index is 0.337. The third kappa shape index (κ3) is 3.86. The molecule has 0 saturated heterocycles. The predicted molar refractivity (Wildman–Crippen MR) is 65.4 cm³/mol. The third-order valence-electron chi connectivity index (χ3n) is 1.96. The molecule has 0 aromatic carbocycles. The SMILES string of the molecule is CCOC(=O)c1cnc(C)nc1C=CN(C)C. The van der Waals surface area contributed by atoms with Crippen LogP contribution in [-0.4, -0.2) is 41.5 Å². The number of hydrogen-bond donors (Lipinski definition) is 0. The maximum Gasteiger partial charge on any atom is 0.341 e. The van der Waals surface area contributed by atoms with Crippen LogP contribution < -0.4 is 0 Å². The fraction of sp³-hybridized carbons (Fsp3) is 0.417. The first-order chi connectivity index (χ1) is 8.04. The number of nitrogens with zero attached hydrogens (tertiary/aromatic N) is 3. The summed E-state index contributed by atoms with van der Waals surface area (Å²) >= 11 is 0. The Bertz CT molecular complexity index is 428. The zero-order chi connectivity index (χ0) is 12.8. The Balaban J connectivity index is 3.07. The third-order valence-corrected chi connectivity index (χ3v) is 1.96. The van der Waals surface area contributed by atoms with Crippen molar-refractivity contribution >= 4 is 12.0 Å². The van der Waals surface area contributed by atoms with Gasteiger partial charge in [-0.3, -0.25) is 0 Å². The van der Waals surface area contributed by atoms with Gasteiger partial charge in [-0.1, -0.05) is 0 Å². The van der Waals surface area contributed by atoms with E-state index < -0.39 is 5.97 Å². The van der Waals surface area contributed by atoms with E-state index in [0.29, 0.717) is 23.7 Å². The van der Waals surface area contributed by atoms with Crippen LogP contribution in [-0.2, 0) is 4.74 Å². The minimum Gasteiger partial charge on any atom is -0.462 e. The van der Waals surface area contributed by atoms with E-state index in [1.165, 1.54) is 6.20 Å². The maximum atomic E-state index is 11.7. The van der Waals surface area contributed by atoms with E-state index in [2.05, 4.69) is 9.97 Å². The van der Waals surface area contributed by atoms with E-state index in [4.69, 9.17) is 4.74 Å². The average Bonchev–Trinajstić information content (AvgIpc) is 2.26. The van der Waals surface area contributed by atoms with Crippen molar-refractivity contribution in [2.75, 3.05) is 20.7 Å². The van der Waals surface area contributed by atoms with Crippen molar-refractivity contribution < 1.29 is 9.53 Å². The van der Waals surface area contributed by atoms with Crippen molar-refractivity contribution in [3.63, 3.8) is 0 Å². The van der Waals surface area contributed by atoms with Crippen molar-refractivity contribution in [3.8, 4) is 0 Å². The second-order valence-corrected chi connectivity index (χ2v) is 3.72. The molecule has 0 amide bonds. The summed E-state index contributed by atoms with van der Waals surface area (Å²) in [5, 5.41) is 0. The van der Waals surface area contributed by atoms with Gasteiger partial charge in [0, 0.05) is 26.5 Å². The summed E-state index contributed by atoms with van der Waals surface area (Å²) in [7, 11) is 3.79. The Kier molecular flexibility index (Phi) is 4.63. The molecule has 0 atom stereocenters. The molecule has 0 saturated carbocycles. The Morgan fingerprint density at radius 3 is 2.82 bits per heavy atom. The number of esters is 1. The van der Waals surface area contributed by atoms with Crippen LogP contribution in [0, 0.1) is 6.92 Å². The predicted octanol–water partition coefficient (Wildman–Crippen LogP) is 1.49. The summed E-state index contributed by atoms with van der Waals surface area (Å²) in [5.74, 6) is 0.224. The zero-order valence-electron chi connectivity index (χ0n) is 10.6. The number of aryl methyl sites for hydroxylation is 1. The molecule has 1 aromatic heterocycles. The van der Waals surface area contributed by atoms with Crippen molar-refractivity contribution in [2.24, 2.45) is 0 Å². The molecule has 0 radical (unpaired) electrons. The molecule has 17 heavy (non-hydrogen) atoms. The molecule has 1 aromatic rings. The first kappa shape index (κ1) is 13.2. The van der Waals surface area contributed by atoms with E-state index in [-0.39, 0.29) is 0 Å². The molecule has 0 aliphatic rings. The highest BCUT2D eigenvalue weighted by molar-refractivity contribution is 5.92. The van der Waals surface area contributed by atoms with Crippen LogP contribution in [0.3, 0.4) is 0 Å². The monoisotopic (exact) mass is 235 g/mol. The van der Waals surface area contributed by atoms with Gasteiger partial charge < -0.3 is 9.64 Å². The largest absolute Gasteiger partial charge is 0.462 e. The molecule has 0 N–H and O–H groups in total. The molecule has 0 bridgehead atoms. The summed E-state index contributed by atoms with van der Waals surface area (Å²) in [6, 6.07) is 0. The van der Waals surface area contributed by atoms with E-state index >= 15 is 0 Å². The number of carbonyl (C=O) groups excluding carboxylic acids is 1. The number of carbonyl (C=O) groups is 1. The maximum absolute atomic E-state index is 11.7. The van der Waals surface area contributed by atoms with E-state index in [9.17, 15) is 4.79 Å². The van der Waals surface area contributed by atoms with Crippen LogP contribution in [0.15, 0.2) is 12.4 Å². The van der Waals surface area contributed by atoms with Crippen LogP contribution in [0.4, 0.5) is 0 Å². The molecule has 0 unspecified atom stereocenters. The molecule has 1 heterocycles. The van der Waals surface area contributed by atoms with Crippen LogP contribution in [0.2, 0.25) is 0 Å². The van der Waals surface area contributed by atoms with Gasteiger partial charge >= 0.3 is 5.97 Å². The lowest BCUT2D eigenvalue weighted by Crippen LogP contribution is -2.10. The molecule has 92 valence electrons. The van der Waals surface area contributed by atoms with Crippen molar-refractivity contribution in [2.45, 2.75) is 13.8 Å². The number of aromatic nitrogens is 2. The summed E-state index contributed by atoms with van der Waals surface area (Å²) < 4.78 is 4.95. The molecule has 1 rings (SSSR count). The van der Waals surface area contributed by atoms with Crippen molar-refractivity contribution in [1.29, 1.82) is 0 Å². The Morgan fingerprint density at radius 1 is 1.53 bits per heavy atom. The Labute approximate surface area is 101 Å². The lowest BCUT2D eigenvalue weighted by Gasteiger charge is -2.07. The quantitative estimate of drug-likeness (QED) is 0.740. The van der Waals surface area contributed by atoms with E-state index in [1.54, 1.807) is 19.9 Å². The average molecular weight is 235 g/mol. The molecule has 0 fully saturated rings. The number of rotatable bonds is 4. The first-order valence-corrected chi connectivity index (χ1v) is 5.40. The summed E-state index contributed by atoms with van der Waals surface area (Å²) in [5.41, 5.74) is 0.959. The van der Waals surface area contributed by atoms with Gasteiger partial charge in [-0.25, -0.2) is 14.8 Å². The summed E-state index contributed by atoms with van der Waals surface area (Å²) in [6.07, 6.45) is 5.08. The van der Waals surface area contributed by atoms with Gasteiger partial charge in [0.2, 0.25) is 0 Å². The van der Waals surface area contributed by atoms with Gasteiger partial charge in [0.25, 0.3) is 0 Å². The molecule has 0 aliphatic heterocycles. The van der Waals surface area contributed by atoms with Gasteiger partial charge in [0.05, 0.1) is 12.3 Å². The fourth-order valence-electron chi connectivity index (χ4n) is 1.20. The molecule has 0 spiro atoms. The topological polar surface area (TPSA) is 55.3 Å².